The van der Waals surface area contributed by atoms with Gasteiger partial charge in [-0.3, -0.25) is 10.1 Å². The van der Waals surface area contributed by atoms with Crippen molar-refractivity contribution in [3.63, 3.8) is 0 Å². The summed E-state index contributed by atoms with van der Waals surface area (Å²) in [5.41, 5.74) is 1.21. The molecule has 0 saturated heterocycles. The number of hydrogen-bond acceptors (Lipinski definition) is 8. The average Bonchev–Trinajstić information content (AvgIpc) is 3.18. The van der Waals surface area contributed by atoms with Crippen molar-refractivity contribution in [2.75, 3.05) is 0 Å². The molecule has 9 nitrogen and oxygen atoms in total. The molecular weight excluding hydrogens is 330 g/mol. The first-order chi connectivity index (χ1) is 12.0. The van der Waals surface area contributed by atoms with E-state index in [4.69, 9.17) is 13.7 Å². The summed E-state index contributed by atoms with van der Waals surface area (Å²) in [5.74, 6) is 0.550. The van der Waals surface area contributed by atoms with Crippen molar-refractivity contribution in [1.29, 1.82) is 0 Å². The van der Waals surface area contributed by atoms with Crippen LogP contribution < -0.4 is 0 Å². The third-order valence-electron chi connectivity index (χ3n) is 3.46. The van der Waals surface area contributed by atoms with Gasteiger partial charge in [-0.25, -0.2) is 9.78 Å². The molecule has 0 amide bonds. The van der Waals surface area contributed by atoms with Crippen LogP contribution in [0.5, 0.6) is 0 Å². The second kappa shape index (κ2) is 6.56. The second-order valence-electron chi connectivity index (χ2n) is 5.18. The van der Waals surface area contributed by atoms with E-state index >= 15 is 0 Å². The van der Waals surface area contributed by atoms with Crippen LogP contribution in [0.2, 0.25) is 0 Å². The number of carbonyl (C=O) groups is 1. The van der Waals surface area contributed by atoms with Gasteiger partial charge in [-0.15, -0.1) is 0 Å². The zero-order valence-electron chi connectivity index (χ0n) is 13.4. The first kappa shape index (κ1) is 16.4. The highest BCUT2D eigenvalue weighted by Gasteiger charge is 2.19. The molecule has 0 saturated carbocycles. The molecule has 3 rings (SSSR count). The van der Waals surface area contributed by atoms with E-state index in [9.17, 15) is 14.9 Å². The molecule has 0 aliphatic heterocycles. The van der Waals surface area contributed by atoms with Crippen LogP contribution in [0.1, 0.15) is 27.7 Å². The van der Waals surface area contributed by atoms with Crippen molar-refractivity contribution in [1.82, 2.24) is 10.1 Å². The van der Waals surface area contributed by atoms with E-state index in [1.54, 1.807) is 26.0 Å². The minimum absolute atomic E-state index is 0.0316. The number of oxazole rings is 1. The second-order valence-corrected chi connectivity index (χ2v) is 5.18. The molecule has 0 unspecified atom stereocenters. The van der Waals surface area contributed by atoms with E-state index < -0.39 is 10.9 Å². The van der Waals surface area contributed by atoms with Gasteiger partial charge in [0, 0.05) is 24.6 Å². The Labute approximate surface area is 141 Å². The molecule has 2 heterocycles. The quantitative estimate of drug-likeness (QED) is 0.393. The maximum Gasteiger partial charge on any atom is 0.343 e. The third kappa shape index (κ3) is 3.39. The fraction of sp³-hybridized carbons (Fsp3) is 0.188. The standard InChI is InChI=1S/C16H13N3O6/c1-9-13(7-17-25-9)16(20)23-8-14-15(24-10(2)18-14)11-3-5-12(6-4-11)19(21)22/h3-7H,8H2,1-2H3. The van der Waals surface area contributed by atoms with E-state index in [1.165, 1.54) is 18.3 Å². The number of nitro groups is 1. The van der Waals surface area contributed by atoms with Gasteiger partial charge in [0.25, 0.3) is 5.69 Å². The Kier molecular flexibility index (Phi) is 4.29. The topological polar surface area (TPSA) is 122 Å². The lowest BCUT2D eigenvalue weighted by molar-refractivity contribution is -0.384. The number of ether oxygens (including phenoxy) is 1. The summed E-state index contributed by atoms with van der Waals surface area (Å²) in [6.45, 7) is 3.14. The molecule has 1 aromatic carbocycles. The molecule has 2 aromatic heterocycles. The van der Waals surface area contributed by atoms with Gasteiger partial charge < -0.3 is 13.7 Å². The highest BCUT2D eigenvalue weighted by molar-refractivity contribution is 5.89. The number of nitro benzene ring substituents is 1. The molecule has 0 radical (unpaired) electrons. The van der Waals surface area contributed by atoms with Gasteiger partial charge in [0.2, 0.25) is 0 Å². The summed E-state index contributed by atoms with van der Waals surface area (Å²) < 4.78 is 15.6. The van der Waals surface area contributed by atoms with Crippen molar-refractivity contribution in [2.45, 2.75) is 20.5 Å². The van der Waals surface area contributed by atoms with Crippen molar-refractivity contribution >= 4 is 11.7 Å². The smallest absolute Gasteiger partial charge is 0.343 e. The summed E-state index contributed by atoms with van der Waals surface area (Å²) in [5, 5.41) is 14.3. The van der Waals surface area contributed by atoms with Gasteiger partial charge in [0.15, 0.2) is 11.7 Å². The first-order valence-corrected chi connectivity index (χ1v) is 7.25. The molecule has 9 heteroatoms. The monoisotopic (exact) mass is 343 g/mol. The Bertz CT molecular complexity index is 926. The Morgan fingerprint density at radius 2 is 2.00 bits per heavy atom. The normalized spacial score (nSPS) is 10.6. The SMILES string of the molecule is Cc1nc(COC(=O)c2cnoc2C)c(-c2ccc([N+](=O)[O-])cc2)o1. The largest absolute Gasteiger partial charge is 0.455 e. The number of hydrogen-bond donors (Lipinski definition) is 0. The molecule has 0 atom stereocenters. The van der Waals surface area contributed by atoms with Crippen molar-refractivity contribution in [2.24, 2.45) is 0 Å². The van der Waals surface area contributed by atoms with Crippen LogP contribution in [0.3, 0.4) is 0 Å². The van der Waals surface area contributed by atoms with E-state index in [1.807, 2.05) is 0 Å². The predicted octanol–water partition coefficient (Wildman–Crippen LogP) is 3.21. The predicted molar refractivity (Wildman–Crippen MR) is 83.7 cm³/mol. The Morgan fingerprint density at radius 3 is 2.60 bits per heavy atom. The van der Waals surface area contributed by atoms with Crippen LogP contribution in [0, 0.1) is 24.0 Å². The van der Waals surface area contributed by atoms with Crippen molar-refractivity contribution in [3.8, 4) is 11.3 Å². The highest BCUT2D eigenvalue weighted by Crippen LogP contribution is 2.27. The van der Waals surface area contributed by atoms with Gasteiger partial charge >= 0.3 is 5.97 Å². The maximum absolute atomic E-state index is 12.0. The summed E-state index contributed by atoms with van der Waals surface area (Å²) in [7, 11) is 0. The number of carbonyl (C=O) groups excluding carboxylic acids is 1. The number of non-ortho nitro benzene ring substituents is 1. The lowest BCUT2D eigenvalue weighted by Crippen LogP contribution is -2.06. The number of esters is 1. The summed E-state index contributed by atoms with van der Waals surface area (Å²) in [6, 6.07) is 5.83. The first-order valence-electron chi connectivity index (χ1n) is 7.25. The van der Waals surface area contributed by atoms with E-state index in [0.29, 0.717) is 28.7 Å². The zero-order valence-corrected chi connectivity index (χ0v) is 13.4. The van der Waals surface area contributed by atoms with E-state index in [-0.39, 0.29) is 17.9 Å². The zero-order chi connectivity index (χ0) is 18.0. The molecule has 0 bridgehead atoms. The molecule has 0 aliphatic rings. The molecule has 0 fully saturated rings. The number of aromatic nitrogens is 2. The van der Waals surface area contributed by atoms with Crippen LogP contribution in [-0.2, 0) is 11.3 Å². The maximum atomic E-state index is 12.0. The number of aryl methyl sites for hydroxylation is 2. The van der Waals surface area contributed by atoms with Gasteiger partial charge in [-0.1, -0.05) is 5.16 Å². The van der Waals surface area contributed by atoms with Crippen molar-refractivity contribution in [3.05, 3.63) is 63.5 Å². The lowest BCUT2D eigenvalue weighted by Gasteiger charge is -2.03. The minimum atomic E-state index is -0.589. The van der Waals surface area contributed by atoms with Gasteiger partial charge in [0.1, 0.15) is 23.6 Å². The summed E-state index contributed by atoms with van der Waals surface area (Å²) in [6.07, 6.45) is 1.28. The Balaban J connectivity index is 1.80. The molecule has 128 valence electrons. The fourth-order valence-corrected chi connectivity index (χ4v) is 2.23. The highest BCUT2D eigenvalue weighted by atomic mass is 16.6. The van der Waals surface area contributed by atoms with E-state index in [2.05, 4.69) is 10.1 Å². The molecule has 0 N–H and O–H groups in total. The van der Waals surface area contributed by atoms with Gasteiger partial charge in [-0.05, 0) is 19.1 Å². The minimum Gasteiger partial charge on any atom is -0.455 e. The number of rotatable bonds is 5. The summed E-state index contributed by atoms with van der Waals surface area (Å²) >= 11 is 0. The van der Waals surface area contributed by atoms with E-state index in [0.717, 1.165) is 0 Å². The Morgan fingerprint density at radius 1 is 1.28 bits per heavy atom. The molecule has 3 aromatic rings. The molecule has 25 heavy (non-hydrogen) atoms. The van der Waals surface area contributed by atoms with Crippen LogP contribution in [0.25, 0.3) is 11.3 Å². The third-order valence-corrected chi connectivity index (χ3v) is 3.46. The van der Waals surface area contributed by atoms with Gasteiger partial charge in [-0.2, -0.15) is 0 Å². The number of nitrogens with zero attached hydrogens (tertiary/aromatic N) is 3. The molecule has 0 spiro atoms. The number of benzene rings is 1. The van der Waals surface area contributed by atoms with Crippen molar-refractivity contribution < 1.29 is 23.4 Å². The lowest BCUT2D eigenvalue weighted by atomic mass is 10.1. The van der Waals surface area contributed by atoms with Gasteiger partial charge in [0.05, 0.1) is 11.1 Å². The fourth-order valence-electron chi connectivity index (χ4n) is 2.23. The Hall–Kier alpha value is -3.49. The molecule has 0 aliphatic carbocycles. The molecular formula is C16H13N3O6. The summed E-state index contributed by atoms with van der Waals surface area (Å²) in [4.78, 5) is 26.5. The van der Waals surface area contributed by atoms with Crippen LogP contribution in [-0.4, -0.2) is 21.0 Å². The average molecular weight is 343 g/mol. The van der Waals surface area contributed by atoms with Crippen LogP contribution >= 0.6 is 0 Å². The van der Waals surface area contributed by atoms with Crippen LogP contribution in [0.4, 0.5) is 5.69 Å². The van der Waals surface area contributed by atoms with Crippen LogP contribution in [0.15, 0.2) is 39.4 Å².